The Hall–Kier alpha value is -1.99. The van der Waals surface area contributed by atoms with Crippen molar-refractivity contribution in [1.82, 2.24) is 9.71 Å². The van der Waals surface area contributed by atoms with Crippen LogP contribution < -0.4 is 4.72 Å². The lowest BCUT2D eigenvalue weighted by molar-refractivity contribution is -0.140. The predicted molar refractivity (Wildman–Crippen MR) is 78.3 cm³/mol. The van der Waals surface area contributed by atoms with E-state index in [2.05, 4.69) is 9.71 Å². The van der Waals surface area contributed by atoms with Gasteiger partial charge in [0.1, 0.15) is 6.04 Å². The monoisotopic (exact) mass is 308 g/mol. The van der Waals surface area contributed by atoms with E-state index in [0.29, 0.717) is 10.8 Å². The highest BCUT2D eigenvalue weighted by Gasteiger charge is 2.28. The van der Waals surface area contributed by atoms with Crippen molar-refractivity contribution in [3.63, 3.8) is 0 Å². The van der Waals surface area contributed by atoms with Gasteiger partial charge in [-0.25, -0.2) is 8.42 Å². The Kier molecular flexibility index (Phi) is 4.24. The minimum atomic E-state index is -3.93. The number of benzene rings is 1. The summed E-state index contributed by atoms with van der Waals surface area (Å²) in [6.07, 6.45) is 3.06. The van der Waals surface area contributed by atoms with Crippen LogP contribution >= 0.6 is 0 Å². The number of carboxylic acid groups (broad SMARTS) is 1. The van der Waals surface area contributed by atoms with Gasteiger partial charge in [-0.15, -0.1) is 0 Å². The SMILES string of the molecule is CC(C)[C@@H](NS(=O)(=O)c1cccc2cnccc12)C(=O)O. The molecular weight excluding hydrogens is 292 g/mol. The molecule has 2 N–H and O–H groups in total. The number of hydrogen-bond donors (Lipinski definition) is 2. The average Bonchev–Trinajstić information content (AvgIpc) is 2.43. The maximum absolute atomic E-state index is 12.5. The van der Waals surface area contributed by atoms with E-state index < -0.39 is 22.0 Å². The second kappa shape index (κ2) is 5.79. The molecule has 2 rings (SSSR count). The van der Waals surface area contributed by atoms with Crippen molar-refractivity contribution < 1.29 is 18.3 Å². The molecule has 1 heterocycles. The van der Waals surface area contributed by atoms with Crippen LogP contribution in [0.3, 0.4) is 0 Å². The largest absolute Gasteiger partial charge is 0.480 e. The number of carboxylic acids is 1. The zero-order chi connectivity index (χ0) is 15.6. The van der Waals surface area contributed by atoms with Gasteiger partial charge in [-0.1, -0.05) is 26.0 Å². The number of nitrogens with one attached hydrogen (secondary N) is 1. The number of sulfonamides is 1. The topological polar surface area (TPSA) is 96.4 Å². The summed E-state index contributed by atoms with van der Waals surface area (Å²) in [6.45, 7) is 3.29. The quantitative estimate of drug-likeness (QED) is 0.875. The lowest BCUT2D eigenvalue weighted by atomic mass is 10.1. The van der Waals surface area contributed by atoms with Crippen molar-refractivity contribution in [1.29, 1.82) is 0 Å². The molecule has 0 bridgehead atoms. The highest BCUT2D eigenvalue weighted by molar-refractivity contribution is 7.89. The molecule has 0 fully saturated rings. The van der Waals surface area contributed by atoms with Gasteiger partial charge in [0.05, 0.1) is 4.90 Å². The van der Waals surface area contributed by atoms with Gasteiger partial charge in [0.25, 0.3) is 0 Å². The van der Waals surface area contributed by atoms with Gasteiger partial charge in [0.2, 0.25) is 10.0 Å². The number of aromatic nitrogens is 1. The fraction of sp³-hybridized carbons (Fsp3) is 0.286. The Morgan fingerprint density at radius 2 is 2.00 bits per heavy atom. The molecule has 6 nitrogen and oxygen atoms in total. The Morgan fingerprint density at radius 1 is 1.29 bits per heavy atom. The lowest BCUT2D eigenvalue weighted by Gasteiger charge is -2.18. The Labute approximate surface area is 122 Å². The van der Waals surface area contributed by atoms with E-state index in [1.165, 1.54) is 12.3 Å². The Morgan fingerprint density at radius 3 is 2.62 bits per heavy atom. The van der Waals surface area contributed by atoms with Crippen LogP contribution in [0.5, 0.6) is 0 Å². The van der Waals surface area contributed by atoms with Crippen molar-refractivity contribution >= 4 is 26.8 Å². The van der Waals surface area contributed by atoms with Crippen LogP contribution in [0.4, 0.5) is 0 Å². The van der Waals surface area contributed by atoms with Gasteiger partial charge in [-0.05, 0) is 18.1 Å². The zero-order valence-electron chi connectivity index (χ0n) is 11.6. The van der Waals surface area contributed by atoms with Crippen LogP contribution in [0.2, 0.25) is 0 Å². The molecule has 7 heteroatoms. The first kappa shape index (κ1) is 15.4. The Bertz CT molecular complexity index is 766. The molecule has 0 aliphatic carbocycles. The summed E-state index contributed by atoms with van der Waals surface area (Å²) < 4.78 is 27.2. The van der Waals surface area contributed by atoms with E-state index in [1.807, 2.05) is 0 Å². The van der Waals surface area contributed by atoms with Crippen LogP contribution in [0, 0.1) is 5.92 Å². The molecule has 2 aromatic rings. The average molecular weight is 308 g/mol. The summed E-state index contributed by atoms with van der Waals surface area (Å²) in [5.74, 6) is -1.57. The smallest absolute Gasteiger partial charge is 0.322 e. The maximum Gasteiger partial charge on any atom is 0.322 e. The standard InChI is InChI=1S/C14H16N2O4S/c1-9(2)13(14(17)18)16-21(19,20)12-5-3-4-10-8-15-7-6-11(10)12/h3-9,13,16H,1-2H3,(H,17,18)/t13-/m1/s1. The minimum Gasteiger partial charge on any atom is -0.480 e. The molecule has 112 valence electrons. The summed E-state index contributed by atoms with van der Waals surface area (Å²) in [6, 6.07) is 5.22. The van der Waals surface area contributed by atoms with E-state index in [0.717, 1.165) is 0 Å². The van der Waals surface area contributed by atoms with Crippen LogP contribution in [0.25, 0.3) is 10.8 Å². The van der Waals surface area contributed by atoms with Gasteiger partial charge < -0.3 is 5.11 Å². The molecule has 0 unspecified atom stereocenters. The van der Waals surface area contributed by atoms with E-state index in [4.69, 9.17) is 5.11 Å². The summed E-state index contributed by atoms with van der Waals surface area (Å²) in [4.78, 5) is 15.2. The van der Waals surface area contributed by atoms with Gasteiger partial charge in [-0.3, -0.25) is 9.78 Å². The van der Waals surface area contributed by atoms with Crippen molar-refractivity contribution in [2.45, 2.75) is 24.8 Å². The first-order valence-electron chi connectivity index (χ1n) is 6.41. The number of hydrogen-bond acceptors (Lipinski definition) is 4. The molecule has 1 atom stereocenters. The third kappa shape index (κ3) is 3.20. The summed E-state index contributed by atoms with van der Waals surface area (Å²) in [5.41, 5.74) is 0. The normalized spacial score (nSPS) is 13.5. The predicted octanol–water partition coefficient (Wildman–Crippen LogP) is 1.62. The molecule has 0 radical (unpaired) electrons. The molecule has 1 aromatic carbocycles. The van der Waals surface area contributed by atoms with Crippen LogP contribution in [-0.2, 0) is 14.8 Å². The molecule has 0 spiro atoms. The van der Waals surface area contributed by atoms with Crippen LogP contribution in [0.15, 0.2) is 41.6 Å². The molecule has 0 aliphatic rings. The molecular formula is C14H16N2O4S. The van der Waals surface area contributed by atoms with E-state index in [-0.39, 0.29) is 10.8 Å². The first-order valence-corrected chi connectivity index (χ1v) is 7.89. The maximum atomic E-state index is 12.5. The molecule has 0 saturated carbocycles. The number of aliphatic carboxylic acids is 1. The molecule has 0 aliphatic heterocycles. The number of fused-ring (bicyclic) bond motifs is 1. The van der Waals surface area contributed by atoms with E-state index in [1.54, 1.807) is 38.2 Å². The first-order chi connectivity index (χ1) is 9.83. The fourth-order valence-electron chi connectivity index (χ4n) is 2.03. The summed E-state index contributed by atoms with van der Waals surface area (Å²) >= 11 is 0. The van der Waals surface area contributed by atoms with Crippen molar-refractivity contribution in [3.8, 4) is 0 Å². The second-order valence-electron chi connectivity index (χ2n) is 5.03. The second-order valence-corrected chi connectivity index (χ2v) is 6.72. The van der Waals surface area contributed by atoms with E-state index in [9.17, 15) is 13.2 Å². The van der Waals surface area contributed by atoms with Crippen molar-refractivity contribution in [2.75, 3.05) is 0 Å². The van der Waals surface area contributed by atoms with Gasteiger partial charge in [0, 0.05) is 23.2 Å². The third-order valence-corrected chi connectivity index (χ3v) is 4.64. The Balaban J connectivity index is 2.50. The number of pyridine rings is 1. The zero-order valence-corrected chi connectivity index (χ0v) is 12.5. The molecule has 21 heavy (non-hydrogen) atoms. The molecule has 0 amide bonds. The third-order valence-electron chi connectivity index (χ3n) is 3.15. The van der Waals surface area contributed by atoms with Gasteiger partial charge in [0.15, 0.2) is 0 Å². The molecule has 1 aromatic heterocycles. The van der Waals surface area contributed by atoms with Gasteiger partial charge in [-0.2, -0.15) is 4.72 Å². The van der Waals surface area contributed by atoms with Crippen molar-refractivity contribution in [2.24, 2.45) is 5.92 Å². The number of nitrogens with zero attached hydrogens (tertiary/aromatic N) is 1. The fourth-order valence-corrected chi connectivity index (χ4v) is 3.60. The summed E-state index contributed by atoms with van der Waals surface area (Å²) in [5, 5.41) is 10.3. The van der Waals surface area contributed by atoms with E-state index >= 15 is 0 Å². The molecule has 0 saturated heterocycles. The highest BCUT2D eigenvalue weighted by atomic mass is 32.2. The van der Waals surface area contributed by atoms with Gasteiger partial charge >= 0.3 is 5.97 Å². The number of carbonyl (C=O) groups is 1. The highest BCUT2D eigenvalue weighted by Crippen LogP contribution is 2.22. The summed E-state index contributed by atoms with van der Waals surface area (Å²) in [7, 11) is -3.93. The van der Waals surface area contributed by atoms with Crippen LogP contribution in [-0.4, -0.2) is 30.5 Å². The van der Waals surface area contributed by atoms with Crippen LogP contribution in [0.1, 0.15) is 13.8 Å². The lowest BCUT2D eigenvalue weighted by Crippen LogP contribution is -2.44. The number of rotatable bonds is 5. The minimum absolute atomic E-state index is 0.0503. The van der Waals surface area contributed by atoms with Crippen molar-refractivity contribution in [3.05, 3.63) is 36.7 Å².